The van der Waals surface area contributed by atoms with Crippen molar-refractivity contribution in [3.63, 3.8) is 0 Å². The van der Waals surface area contributed by atoms with Gasteiger partial charge in [0.15, 0.2) is 0 Å². The van der Waals surface area contributed by atoms with E-state index in [1.54, 1.807) is 31.2 Å². The number of nitrogens with zero attached hydrogens (tertiary/aromatic N) is 1. The molecule has 6 nitrogen and oxygen atoms in total. The maximum atomic E-state index is 12.0. The normalized spacial score (nSPS) is 10.1. The maximum absolute atomic E-state index is 12.0. The Labute approximate surface area is 119 Å². The number of carbonyl (C=O) groups is 2. The predicted octanol–water partition coefficient (Wildman–Crippen LogP) is 2.15. The Morgan fingerprint density at radius 3 is 2.85 bits per heavy atom. The zero-order chi connectivity index (χ0) is 14.5. The van der Waals surface area contributed by atoms with Crippen molar-refractivity contribution in [2.75, 3.05) is 17.7 Å². The monoisotopic (exact) mass is 291 g/mol. The molecule has 2 aromatic rings. The Morgan fingerprint density at radius 2 is 2.15 bits per heavy atom. The van der Waals surface area contributed by atoms with Crippen LogP contribution in [0.15, 0.2) is 29.6 Å². The summed E-state index contributed by atoms with van der Waals surface area (Å²) in [5.74, 6) is -0.953. The van der Waals surface area contributed by atoms with Crippen LogP contribution in [0.5, 0.6) is 0 Å². The highest BCUT2D eigenvalue weighted by atomic mass is 32.1. The first-order chi connectivity index (χ1) is 9.61. The van der Waals surface area contributed by atoms with E-state index in [0.29, 0.717) is 11.4 Å². The van der Waals surface area contributed by atoms with E-state index in [0.717, 1.165) is 11.3 Å². The fourth-order valence-electron chi connectivity index (χ4n) is 1.46. The van der Waals surface area contributed by atoms with Gasteiger partial charge in [-0.1, -0.05) is 12.1 Å². The summed E-state index contributed by atoms with van der Waals surface area (Å²) in [6.07, 6.45) is 0. The number of amides is 1. The third kappa shape index (κ3) is 3.12. The lowest BCUT2D eigenvalue weighted by Gasteiger charge is -2.05. The number of para-hydroxylation sites is 2. The molecule has 7 heteroatoms. The quantitative estimate of drug-likeness (QED) is 0.665. The van der Waals surface area contributed by atoms with Crippen molar-refractivity contribution in [1.29, 1.82) is 0 Å². The van der Waals surface area contributed by atoms with Crippen LogP contribution in [0.2, 0.25) is 0 Å². The van der Waals surface area contributed by atoms with E-state index < -0.39 is 11.9 Å². The number of anilines is 2. The zero-order valence-electron chi connectivity index (χ0n) is 10.8. The van der Waals surface area contributed by atoms with Gasteiger partial charge in [-0.3, -0.25) is 4.79 Å². The van der Waals surface area contributed by atoms with E-state index in [1.807, 2.05) is 0 Å². The molecule has 0 spiro atoms. The molecule has 0 fully saturated rings. The Morgan fingerprint density at radius 1 is 1.40 bits per heavy atom. The number of nitrogens with one attached hydrogen (secondary N) is 1. The molecule has 0 bridgehead atoms. The molecule has 3 N–H and O–H groups in total. The van der Waals surface area contributed by atoms with Crippen molar-refractivity contribution >= 4 is 34.6 Å². The first-order valence-electron chi connectivity index (χ1n) is 5.90. The molecular weight excluding hydrogens is 278 g/mol. The highest BCUT2D eigenvalue weighted by molar-refractivity contribution is 7.11. The zero-order valence-corrected chi connectivity index (χ0v) is 11.6. The van der Waals surface area contributed by atoms with Gasteiger partial charge >= 0.3 is 5.97 Å². The second-order valence-electron chi connectivity index (χ2n) is 3.80. The van der Waals surface area contributed by atoms with Crippen molar-refractivity contribution < 1.29 is 14.3 Å². The van der Waals surface area contributed by atoms with E-state index in [1.165, 1.54) is 5.38 Å². The number of nitrogen functional groups attached to an aromatic ring is 1. The van der Waals surface area contributed by atoms with Gasteiger partial charge in [0.25, 0.3) is 5.91 Å². The standard InChI is InChI=1S/C13H13N3O3S/c1-2-19-13(18)12-16-10(7-20-12)11(17)15-9-6-4-3-5-8(9)14/h3-7H,2,14H2,1H3,(H,15,17). The first kappa shape index (κ1) is 14.0. The van der Waals surface area contributed by atoms with Gasteiger partial charge in [0, 0.05) is 5.38 Å². The minimum absolute atomic E-state index is 0.151. The molecule has 0 atom stereocenters. The van der Waals surface area contributed by atoms with E-state index >= 15 is 0 Å². The van der Waals surface area contributed by atoms with Crippen molar-refractivity contribution in [2.24, 2.45) is 0 Å². The molecule has 1 amide bonds. The van der Waals surface area contributed by atoms with Gasteiger partial charge in [0.2, 0.25) is 5.01 Å². The Hall–Kier alpha value is -2.41. The molecule has 0 aliphatic carbocycles. The number of ether oxygens (including phenoxy) is 1. The third-order valence-electron chi connectivity index (χ3n) is 2.40. The molecule has 0 aliphatic rings. The van der Waals surface area contributed by atoms with Gasteiger partial charge in [-0.15, -0.1) is 11.3 Å². The van der Waals surface area contributed by atoms with Crippen LogP contribution >= 0.6 is 11.3 Å². The summed E-state index contributed by atoms with van der Waals surface area (Å²) in [4.78, 5) is 27.4. The topological polar surface area (TPSA) is 94.3 Å². The molecule has 1 aromatic heterocycles. The van der Waals surface area contributed by atoms with Crippen molar-refractivity contribution in [3.05, 3.63) is 40.3 Å². The summed E-state index contributed by atoms with van der Waals surface area (Å²) in [5, 5.41) is 4.29. The van der Waals surface area contributed by atoms with Gasteiger partial charge in [-0.25, -0.2) is 9.78 Å². The molecule has 2 rings (SSSR count). The van der Waals surface area contributed by atoms with Crippen LogP contribution in [-0.2, 0) is 4.74 Å². The van der Waals surface area contributed by atoms with E-state index in [4.69, 9.17) is 10.5 Å². The number of carbonyl (C=O) groups excluding carboxylic acids is 2. The van der Waals surface area contributed by atoms with E-state index in [-0.39, 0.29) is 17.3 Å². The predicted molar refractivity (Wildman–Crippen MR) is 76.9 cm³/mol. The highest BCUT2D eigenvalue weighted by Gasteiger charge is 2.16. The molecule has 104 valence electrons. The lowest BCUT2D eigenvalue weighted by molar-refractivity contribution is 0.0526. The fourth-order valence-corrected chi connectivity index (χ4v) is 2.15. The molecule has 0 saturated heterocycles. The second-order valence-corrected chi connectivity index (χ2v) is 4.66. The fraction of sp³-hybridized carbons (Fsp3) is 0.154. The van der Waals surface area contributed by atoms with Crippen LogP contribution in [-0.4, -0.2) is 23.5 Å². The number of nitrogens with two attached hydrogens (primary N) is 1. The largest absolute Gasteiger partial charge is 0.461 e. The third-order valence-corrected chi connectivity index (χ3v) is 3.22. The van der Waals surface area contributed by atoms with Crippen LogP contribution in [0.25, 0.3) is 0 Å². The summed E-state index contributed by atoms with van der Waals surface area (Å²) in [6.45, 7) is 1.97. The Balaban J connectivity index is 2.11. The van der Waals surface area contributed by atoms with Crippen molar-refractivity contribution in [3.8, 4) is 0 Å². The van der Waals surface area contributed by atoms with Gasteiger partial charge in [0.1, 0.15) is 5.69 Å². The molecule has 20 heavy (non-hydrogen) atoms. The van der Waals surface area contributed by atoms with Crippen LogP contribution < -0.4 is 11.1 Å². The molecule has 0 aliphatic heterocycles. The number of hydrogen-bond donors (Lipinski definition) is 2. The van der Waals surface area contributed by atoms with Gasteiger partial charge < -0.3 is 15.8 Å². The number of aromatic nitrogens is 1. The lowest BCUT2D eigenvalue weighted by atomic mass is 10.2. The molecule has 1 heterocycles. The lowest BCUT2D eigenvalue weighted by Crippen LogP contribution is -2.14. The van der Waals surface area contributed by atoms with E-state index in [9.17, 15) is 9.59 Å². The minimum atomic E-state index is -0.532. The summed E-state index contributed by atoms with van der Waals surface area (Å²) in [6, 6.07) is 6.90. The summed E-state index contributed by atoms with van der Waals surface area (Å²) in [7, 11) is 0. The Bertz CT molecular complexity index is 639. The van der Waals surface area contributed by atoms with Gasteiger partial charge in [0.05, 0.1) is 18.0 Å². The first-order valence-corrected chi connectivity index (χ1v) is 6.78. The average molecular weight is 291 g/mol. The SMILES string of the molecule is CCOC(=O)c1nc(C(=O)Nc2ccccc2N)cs1. The minimum Gasteiger partial charge on any atom is -0.461 e. The van der Waals surface area contributed by atoms with Crippen LogP contribution in [0.1, 0.15) is 27.2 Å². The van der Waals surface area contributed by atoms with Gasteiger partial charge in [-0.2, -0.15) is 0 Å². The van der Waals surface area contributed by atoms with Crippen molar-refractivity contribution in [2.45, 2.75) is 6.92 Å². The maximum Gasteiger partial charge on any atom is 0.367 e. The summed E-state index contributed by atoms with van der Waals surface area (Å²) < 4.78 is 4.82. The number of thiazole rings is 1. The van der Waals surface area contributed by atoms with Crippen molar-refractivity contribution in [1.82, 2.24) is 4.98 Å². The summed E-state index contributed by atoms with van der Waals surface area (Å²) in [5.41, 5.74) is 6.85. The van der Waals surface area contributed by atoms with Crippen LogP contribution in [0.3, 0.4) is 0 Å². The molecule has 0 saturated carbocycles. The molecule has 0 radical (unpaired) electrons. The number of benzene rings is 1. The van der Waals surface area contributed by atoms with Crippen LogP contribution in [0.4, 0.5) is 11.4 Å². The van der Waals surface area contributed by atoms with E-state index in [2.05, 4.69) is 10.3 Å². The molecular formula is C13H13N3O3S. The number of esters is 1. The smallest absolute Gasteiger partial charge is 0.367 e. The van der Waals surface area contributed by atoms with Gasteiger partial charge in [-0.05, 0) is 19.1 Å². The summed E-state index contributed by atoms with van der Waals surface area (Å²) >= 11 is 1.06. The Kier molecular flexibility index (Phi) is 4.31. The molecule has 1 aromatic carbocycles. The number of rotatable bonds is 4. The van der Waals surface area contributed by atoms with Crippen LogP contribution in [0, 0.1) is 0 Å². The number of hydrogen-bond acceptors (Lipinski definition) is 6. The second kappa shape index (κ2) is 6.16. The highest BCUT2D eigenvalue weighted by Crippen LogP contribution is 2.18. The average Bonchev–Trinajstić information content (AvgIpc) is 2.91. The molecule has 0 unspecified atom stereocenters.